The van der Waals surface area contributed by atoms with E-state index in [1.165, 1.54) is 0 Å². The molecule has 1 aromatic carbocycles. The Labute approximate surface area is 112 Å². The normalized spacial score (nSPS) is 23.8. The molecule has 3 rings (SSSR count). The molecule has 100 valence electrons. The number of nitrogens with zero attached hydrogens (tertiary/aromatic N) is 3. The Morgan fingerprint density at radius 1 is 1.37 bits per heavy atom. The summed E-state index contributed by atoms with van der Waals surface area (Å²) in [5, 5.41) is 10.6. The fraction of sp³-hybridized carbons (Fsp3) is 0.429. The summed E-state index contributed by atoms with van der Waals surface area (Å²) in [5.74, 6) is 0.923. The highest BCUT2D eigenvalue weighted by Gasteiger charge is 2.26. The molecule has 0 radical (unpaired) electrons. The quantitative estimate of drug-likeness (QED) is 0.876. The lowest BCUT2D eigenvalue weighted by atomic mass is 10.1. The van der Waals surface area contributed by atoms with Gasteiger partial charge in [0.05, 0.1) is 18.4 Å². The van der Waals surface area contributed by atoms with Gasteiger partial charge in [0, 0.05) is 30.4 Å². The smallest absolute Gasteiger partial charge is 0.159 e. The van der Waals surface area contributed by atoms with E-state index in [1.54, 1.807) is 6.20 Å². The van der Waals surface area contributed by atoms with E-state index in [4.69, 9.17) is 10.5 Å². The Hall–Kier alpha value is -1.72. The van der Waals surface area contributed by atoms with Gasteiger partial charge >= 0.3 is 0 Å². The molecule has 0 saturated carbocycles. The molecule has 2 heterocycles. The molecule has 5 nitrogen and oxygen atoms in total. The summed E-state index contributed by atoms with van der Waals surface area (Å²) in [6.07, 6.45) is 2.01. The molecule has 0 aliphatic carbocycles. The fourth-order valence-corrected chi connectivity index (χ4v) is 2.59. The lowest BCUT2D eigenvalue weighted by molar-refractivity contribution is -0.0106. The minimum absolute atomic E-state index is 0.0597. The van der Waals surface area contributed by atoms with E-state index in [1.807, 2.05) is 12.1 Å². The Kier molecular flexibility index (Phi) is 3.31. The SMILES string of the molecule is CC1CN(c2nncc3ccccc23)CC(CN)O1. The lowest BCUT2D eigenvalue weighted by Gasteiger charge is -2.37. The van der Waals surface area contributed by atoms with Gasteiger partial charge in [0.25, 0.3) is 0 Å². The van der Waals surface area contributed by atoms with Gasteiger partial charge in [-0.05, 0) is 6.92 Å². The number of hydrogen-bond acceptors (Lipinski definition) is 5. The van der Waals surface area contributed by atoms with Crippen LogP contribution in [0, 0.1) is 0 Å². The van der Waals surface area contributed by atoms with E-state index in [2.05, 4.69) is 34.2 Å². The third kappa shape index (κ3) is 2.39. The van der Waals surface area contributed by atoms with Crippen molar-refractivity contribution in [2.75, 3.05) is 24.5 Å². The molecule has 2 unspecified atom stereocenters. The van der Waals surface area contributed by atoms with Crippen LogP contribution in [0.4, 0.5) is 5.82 Å². The molecule has 1 aliphatic rings. The first kappa shape index (κ1) is 12.3. The summed E-state index contributed by atoms with van der Waals surface area (Å²) < 4.78 is 5.78. The van der Waals surface area contributed by atoms with Crippen LogP contribution in [0.3, 0.4) is 0 Å². The summed E-state index contributed by atoms with van der Waals surface area (Å²) in [7, 11) is 0. The zero-order chi connectivity index (χ0) is 13.2. The van der Waals surface area contributed by atoms with E-state index in [0.717, 1.165) is 29.7 Å². The minimum atomic E-state index is 0.0597. The Bertz CT molecular complexity index is 569. The number of ether oxygens (including phenoxy) is 1. The summed E-state index contributed by atoms with van der Waals surface area (Å²) in [4.78, 5) is 2.22. The van der Waals surface area contributed by atoms with E-state index >= 15 is 0 Å². The zero-order valence-electron chi connectivity index (χ0n) is 11.0. The van der Waals surface area contributed by atoms with Crippen LogP contribution in [0.15, 0.2) is 30.5 Å². The topological polar surface area (TPSA) is 64.3 Å². The molecule has 0 spiro atoms. The van der Waals surface area contributed by atoms with Gasteiger partial charge in [-0.15, -0.1) is 5.10 Å². The minimum Gasteiger partial charge on any atom is -0.370 e. The van der Waals surface area contributed by atoms with Gasteiger partial charge in [-0.1, -0.05) is 24.3 Å². The molecule has 2 aromatic rings. The van der Waals surface area contributed by atoms with E-state index in [0.29, 0.717) is 6.54 Å². The number of hydrogen-bond donors (Lipinski definition) is 1. The maximum atomic E-state index is 5.78. The average Bonchev–Trinajstić information content (AvgIpc) is 2.46. The molecule has 1 aromatic heterocycles. The first-order valence-corrected chi connectivity index (χ1v) is 6.59. The van der Waals surface area contributed by atoms with Crippen molar-refractivity contribution >= 4 is 16.6 Å². The summed E-state index contributed by atoms with van der Waals surface area (Å²) in [6.45, 7) is 4.18. The number of fused-ring (bicyclic) bond motifs is 1. The van der Waals surface area contributed by atoms with Gasteiger partial charge in [-0.3, -0.25) is 0 Å². The molecule has 0 amide bonds. The van der Waals surface area contributed by atoms with Crippen LogP contribution in [0.25, 0.3) is 10.8 Å². The first-order valence-electron chi connectivity index (χ1n) is 6.59. The maximum absolute atomic E-state index is 5.78. The van der Waals surface area contributed by atoms with Crippen LogP contribution in [-0.2, 0) is 4.74 Å². The van der Waals surface area contributed by atoms with Gasteiger partial charge in [0.2, 0.25) is 0 Å². The summed E-state index contributed by atoms with van der Waals surface area (Å²) in [6, 6.07) is 8.17. The van der Waals surface area contributed by atoms with Crippen molar-refractivity contribution in [3.05, 3.63) is 30.5 Å². The zero-order valence-corrected chi connectivity index (χ0v) is 11.0. The maximum Gasteiger partial charge on any atom is 0.159 e. The fourth-order valence-electron chi connectivity index (χ4n) is 2.59. The third-order valence-corrected chi connectivity index (χ3v) is 3.44. The van der Waals surface area contributed by atoms with Crippen molar-refractivity contribution in [2.45, 2.75) is 19.1 Å². The second-order valence-corrected chi connectivity index (χ2v) is 4.96. The molecular formula is C14H18N4O. The molecule has 2 N–H and O–H groups in total. The second-order valence-electron chi connectivity index (χ2n) is 4.96. The predicted molar refractivity (Wildman–Crippen MR) is 75.1 cm³/mol. The highest BCUT2D eigenvalue weighted by Crippen LogP contribution is 2.25. The predicted octanol–water partition coefficient (Wildman–Crippen LogP) is 1.18. The van der Waals surface area contributed by atoms with Crippen molar-refractivity contribution in [1.82, 2.24) is 10.2 Å². The Morgan fingerprint density at radius 3 is 3.05 bits per heavy atom. The largest absolute Gasteiger partial charge is 0.370 e. The van der Waals surface area contributed by atoms with E-state index < -0.39 is 0 Å². The van der Waals surface area contributed by atoms with Crippen molar-refractivity contribution in [1.29, 1.82) is 0 Å². The second kappa shape index (κ2) is 5.11. The monoisotopic (exact) mass is 258 g/mol. The number of aromatic nitrogens is 2. The number of anilines is 1. The van der Waals surface area contributed by atoms with E-state index in [-0.39, 0.29) is 12.2 Å². The number of benzene rings is 1. The summed E-state index contributed by atoms with van der Waals surface area (Å²) in [5.41, 5.74) is 5.73. The Balaban J connectivity index is 1.99. The highest BCUT2D eigenvalue weighted by atomic mass is 16.5. The molecule has 1 aliphatic heterocycles. The van der Waals surface area contributed by atoms with Gasteiger partial charge in [-0.2, -0.15) is 5.10 Å². The number of rotatable bonds is 2. The van der Waals surface area contributed by atoms with Crippen molar-refractivity contribution in [3.8, 4) is 0 Å². The molecule has 0 bridgehead atoms. The van der Waals surface area contributed by atoms with Crippen LogP contribution < -0.4 is 10.6 Å². The molecule has 5 heteroatoms. The third-order valence-electron chi connectivity index (χ3n) is 3.44. The number of morpholine rings is 1. The van der Waals surface area contributed by atoms with Crippen LogP contribution in [0.5, 0.6) is 0 Å². The van der Waals surface area contributed by atoms with Gasteiger partial charge in [0.15, 0.2) is 5.82 Å². The van der Waals surface area contributed by atoms with Crippen molar-refractivity contribution in [3.63, 3.8) is 0 Å². The van der Waals surface area contributed by atoms with Crippen LogP contribution in [0.2, 0.25) is 0 Å². The van der Waals surface area contributed by atoms with Crippen LogP contribution in [-0.4, -0.2) is 42.0 Å². The Morgan fingerprint density at radius 2 is 2.21 bits per heavy atom. The van der Waals surface area contributed by atoms with E-state index in [9.17, 15) is 0 Å². The average molecular weight is 258 g/mol. The van der Waals surface area contributed by atoms with Gasteiger partial charge in [0.1, 0.15) is 0 Å². The van der Waals surface area contributed by atoms with Crippen molar-refractivity contribution < 1.29 is 4.74 Å². The number of nitrogens with two attached hydrogens (primary N) is 1. The van der Waals surface area contributed by atoms with Gasteiger partial charge in [-0.25, -0.2) is 0 Å². The lowest BCUT2D eigenvalue weighted by Crippen LogP contribution is -2.49. The molecule has 1 fully saturated rings. The van der Waals surface area contributed by atoms with Crippen molar-refractivity contribution in [2.24, 2.45) is 5.73 Å². The summed E-state index contributed by atoms with van der Waals surface area (Å²) >= 11 is 0. The molecule has 2 atom stereocenters. The molecule has 19 heavy (non-hydrogen) atoms. The van der Waals surface area contributed by atoms with Crippen LogP contribution in [0.1, 0.15) is 6.92 Å². The molecule has 1 saturated heterocycles. The van der Waals surface area contributed by atoms with Gasteiger partial charge < -0.3 is 15.4 Å². The van der Waals surface area contributed by atoms with Crippen LogP contribution >= 0.6 is 0 Å². The first-order chi connectivity index (χ1) is 9.28. The highest BCUT2D eigenvalue weighted by molar-refractivity contribution is 5.91. The molecular weight excluding hydrogens is 240 g/mol. The standard InChI is InChI=1S/C14H18N4O/c1-10-8-18(9-12(6-15)19-10)14-13-5-3-2-4-11(13)7-16-17-14/h2-5,7,10,12H,6,8-9,15H2,1H3.